The van der Waals surface area contributed by atoms with Crippen LogP contribution in [0.2, 0.25) is 0 Å². The van der Waals surface area contributed by atoms with Gasteiger partial charge in [-0.05, 0) is 58.8 Å². The Labute approximate surface area is 121 Å². The van der Waals surface area contributed by atoms with E-state index in [9.17, 15) is 0 Å². The molecule has 1 aliphatic rings. The first-order valence-electron chi connectivity index (χ1n) is 6.74. The Morgan fingerprint density at radius 3 is 2.68 bits per heavy atom. The van der Waals surface area contributed by atoms with Gasteiger partial charge in [0.2, 0.25) is 0 Å². The van der Waals surface area contributed by atoms with Crippen molar-refractivity contribution in [1.29, 1.82) is 0 Å². The number of nitrogens with two attached hydrogens (primary N) is 1. The third-order valence-electron chi connectivity index (χ3n) is 3.92. The zero-order valence-electron chi connectivity index (χ0n) is 11.1. The minimum Gasteiger partial charge on any atom is -0.325 e. The maximum atomic E-state index is 5.76. The molecule has 2 N–H and O–H groups in total. The lowest BCUT2D eigenvalue weighted by molar-refractivity contribution is 0.685. The Morgan fingerprint density at radius 2 is 2.00 bits per heavy atom. The SMILES string of the molecule is Cn1nc(-c2ccc3c(c2)CCCC3)c(Br)c1CN. The van der Waals surface area contributed by atoms with Gasteiger partial charge in [0.05, 0.1) is 10.2 Å². The summed E-state index contributed by atoms with van der Waals surface area (Å²) in [6.45, 7) is 0.495. The van der Waals surface area contributed by atoms with Crippen molar-refractivity contribution in [2.24, 2.45) is 12.8 Å². The van der Waals surface area contributed by atoms with Crippen LogP contribution in [0.15, 0.2) is 22.7 Å². The van der Waals surface area contributed by atoms with E-state index < -0.39 is 0 Å². The molecule has 4 heteroatoms. The molecule has 0 amide bonds. The summed E-state index contributed by atoms with van der Waals surface area (Å²) in [4.78, 5) is 0. The molecule has 1 heterocycles. The zero-order chi connectivity index (χ0) is 13.4. The van der Waals surface area contributed by atoms with Gasteiger partial charge in [0.15, 0.2) is 0 Å². The van der Waals surface area contributed by atoms with E-state index in [1.807, 2.05) is 11.7 Å². The van der Waals surface area contributed by atoms with Crippen LogP contribution in [-0.4, -0.2) is 9.78 Å². The lowest BCUT2D eigenvalue weighted by Crippen LogP contribution is -2.04. The number of aryl methyl sites for hydroxylation is 3. The van der Waals surface area contributed by atoms with Crippen molar-refractivity contribution in [3.63, 3.8) is 0 Å². The van der Waals surface area contributed by atoms with E-state index in [-0.39, 0.29) is 0 Å². The molecule has 0 saturated heterocycles. The maximum Gasteiger partial charge on any atom is 0.107 e. The second-order valence-electron chi connectivity index (χ2n) is 5.13. The molecule has 1 aliphatic carbocycles. The van der Waals surface area contributed by atoms with Gasteiger partial charge in [-0.3, -0.25) is 4.68 Å². The van der Waals surface area contributed by atoms with Crippen LogP contribution in [0.1, 0.15) is 29.7 Å². The highest BCUT2D eigenvalue weighted by Gasteiger charge is 2.16. The molecule has 100 valence electrons. The van der Waals surface area contributed by atoms with E-state index in [1.54, 1.807) is 0 Å². The van der Waals surface area contributed by atoms with Gasteiger partial charge in [0.1, 0.15) is 5.69 Å². The second-order valence-corrected chi connectivity index (χ2v) is 5.92. The summed E-state index contributed by atoms with van der Waals surface area (Å²) in [7, 11) is 1.94. The maximum absolute atomic E-state index is 5.76. The van der Waals surface area contributed by atoms with Crippen LogP contribution in [0, 0.1) is 0 Å². The summed E-state index contributed by atoms with van der Waals surface area (Å²) >= 11 is 3.63. The average Bonchev–Trinajstić information content (AvgIpc) is 2.73. The largest absolute Gasteiger partial charge is 0.325 e. The molecular weight excluding hydrogens is 302 g/mol. The fourth-order valence-corrected chi connectivity index (χ4v) is 3.55. The molecular formula is C15H18BrN3. The standard InChI is InChI=1S/C15H18BrN3/c1-19-13(9-17)14(16)15(18-19)12-7-6-10-4-2-3-5-11(10)8-12/h6-8H,2-5,9,17H2,1H3. The molecule has 0 fully saturated rings. The Kier molecular flexibility index (Phi) is 3.46. The smallest absolute Gasteiger partial charge is 0.107 e. The molecule has 19 heavy (non-hydrogen) atoms. The first-order valence-corrected chi connectivity index (χ1v) is 7.53. The molecule has 2 aromatic rings. The summed E-state index contributed by atoms with van der Waals surface area (Å²) in [6.07, 6.45) is 5.02. The van der Waals surface area contributed by atoms with Crippen molar-refractivity contribution in [1.82, 2.24) is 9.78 Å². The normalized spacial score (nSPS) is 14.5. The number of fused-ring (bicyclic) bond motifs is 1. The van der Waals surface area contributed by atoms with Crippen LogP contribution in [0.5, 0.6) is 0 Å². The second kappa shape index (κ2) is 5.10. The highest BCUT2D eigenvalue weighted by molar-refractivity contribution is 9.10. The number of benzene rings is 1. The van der Waals surface area contributed by atoms with Gasteiger partial charge in [-0.15, -0.1) is 0 Å². The van der Waals surface area contributed by atoms with Gasteiger partial charge < -0.3 is 5.73 Å². The number of hydrogen-bond acceptors (Lipinski definition) is 2. The summed E-state index contributed by atoms with van der Waals surface area (Å²) in [5.41, 5.74) is 12.0. The van der Waals surface area contributed by atoms with Crippen LogP contribution < -0.4 is 5.73 Å². The topological polar surface area (TPSA) is 43.8 Å². The van der Waals surface area contributed by atoms with Gasteiger partial charge in [-0.25, -0.2) is 0 Å². The van der Waals surface area contributed by atoms with Crippen LogP contribution in [-0.2, 0) is 26.4 Å². The molecule has 1 aromatic heterocycles. The third-order valence-corrected chi connectivity index (χ3v) is 4.75. The molecule has 0 spiro atoms. The number of aromatic nitrogens is 2. The molecule has 1 aromatic carbocycles. The van der Waals surface area contributed by atoms with E-state index in [2.05, 4.69) is 39.2 Å². The highest BCUT2D eigenvalue weighted by atomic mass is 79.9. The van der Waals surface area contributed by atoms with E-state index >= 15 is 0 Å². The number of halogens is 1. The monoisotopic (exact) mass is 319 g/mol. The van der Waals surface area contributed by atoms with E-state index in [4.69, 9.17) is 5.73 Å². The molecule has 0 saturated carbocycles. The number of hydrogen-bond donors (Lipinski definition) is 1. The van der Waals surface area contributed by atoms with E-state index in [1.165, 1.54) is 42.4 Å². The summed E-state index contributed by atoms with van der Waals surface area (Å²) in [5, 5.41) is 4.59. The van der Waals surface area contributed by atoms with Gasteiger partial charge in [-0.2, -0.15) is 5.10 Å². The number of rotatable bonds is 2. The van der Waals surface area contributed by atoms with E-state index in [0.717, 1.165) is 15.9 Å². The van der Waals surface area contributed by atoms with Gasteiger partial charge in [0, 0.05) is 19.2 Å². The minimum absolute atomic E-state index is 0.495. The quantitative estimate of drug-likeness (QED) is 0.923. The Hall–Kier alpha value is -1.13. The van der Waals surface area contributed by atoms with Crippen LogP contribution in [0.3, 0.4) is 0 Å². The molecule has 0 aliphatic heterocycles. The fourth-order valence-electron chi connectivity index (χ4n) is 2.82. The van der Waals surface area contributed by atoms with E-state index in [0.29, 0.717) is 6.54 Å². The first-order chi connectivity index (χ1) is 9.20. The van der Waals surface area contributed by atoms with Gasteiger partial charge in [0.25, 0.3) is 0 Å². The molecule has 0 atom stereocenters. The third kappa shape index (κ3) is 2.23. The molecule has 3 nitrogen and oxygen atoms in total. The number of nitrogens with zero attached hydrogens (tertiary/aromatic N) is 2. The lowest BCUT2D eigenvalue weighted by atomic mass is 9.90. The first kappa shape index (κ1) is 12.9. The van der Waals surface area contributed by atoms with Crippen molar-refractivity contribution < 1.29 is 0 Å². The Morgan fingerprint density at radius 1 is 1.26 bits per heavy atom. The average molecular weight is 320 g/mol. The molecule has 0 radical (unpaired) electrons. The van der Waals surface area contributed by atoms with Crippen LogP contribution in [0.4, 0.5) is 0 Å². The predicted octanol–water partition coefficient (Wildman–Crippen LogP) is 3.19. The molecule has 0 unspecified atom stereocenters. The van der Waals surface area contributed by atoms with Crippen molar-refractivity contribution in [3.05, 3.63) is 39.5 Å². The van der Waals surface area contributed by atoms with Crippen LogP contribution in [0.25, 0.3) is 11.3 Å². The summed E-state index contributed by atoms with van der Waals surface area (Å²) in [5.74, 6) is 0. The van der Waals surface area contributed by atoms with Crippen molar-refractivity contribution in [3.8, 4) is 11.3 Å². The van der Waals surface area contributed by atoms with Crippen molar-refractivity contribution in [2.45, 2.75) is 32.2 Å². The lowest BCUT2D eigenvalue weighted by Gasteiger charge is -2.16. The summed E-state index contributed by atoms with van der Waals surface area (Å²) in [6, 6.07) is 6.73. The zero-order valence-corrected chi connectivity index (χ0v) is 12.7. The molecule has 0 bridgehead atoms. The molecule has 3 rings (SSSR count). The van der Waals surface area contributed by atoms with Gasteiger partial charge in [-0.1, -0.05) is 12.1 Å². The highest BCUT2D eigenvalue weighted by Crippen LogP contribution is 2.32. The predicted molar refractivity (Wildman–Crippen MR) is 80.9 cm³/mol. The fraction of sp³-hybridized carbons (Fsp3) is 0.400. The minimum atomic E-state index is 0.495. The summed E-state index contributed by atoms with van der Waals surface area (Å²) < 4.78 is 2.88. The van der Waals surface area contributed by atoms with Crippen LogP contribution >= 0.6 is 15.9 Å². The Balaban J connectivity index is 2.07. The van der Waals surface area contributed by atoms with Crippen molar-refractivity contribution in [2.75, 3.05) is 0 Å². The Bertz CT molecular complexity index is 616. The van der Waals surface area contributed by atoms with Gasteiger partial charge >= 0.3 is 0 Å². The van der Waals surface area contributed by atoms with Crippen molar-refractivity contribution >= 4 is 15.9 Å².